The Bertz CT molecular complexity index is 733. The van der Waals surface area contributed by atoms with Gasteiger partial charge in [-0.1, -0.05) is 0 Å². The molecule has 0 bridgehead atoms. The van der Waals surface area contributed by atoms with Gasteiger partial charge in [0.15, 0.2) is 0 Å². The molecule has 0 radical (unpaired) electrons. The molecule has 2 nitrogen and oxygen atoms in total. The van der Waals surface area contributed by atoms with E-state index in [1.54, 1.807) is 6.07 Å². The number of carbonyl (C=O) groups excluding carboxylic acids is 2. The van der Waals surface area contributed by atoms with E-state index in [-0.39, 0.29) is 26.5 Å². The molecular formula is C16H9ClO2Se. The maximum absolute atomic E-state index is 12.0. The first-order valence-corrected chi connectivity index (χ1v) is 8.07. The second kappa shape index (κ2) is 5.37. The number of allylic oxidation sites excluding steroid dienone is 2. The third-order valence-corrected chi connectivity index (χ3v) is 5.46. The van der Waals surface area contributed by atoms with E-state index in [0.717, 1.165) is 8.92 Å². The van der Waals surface area contributed by atoms with Crippen molar-refractivity contribution in [2.24, 2.45) is 0 Å². The molecule has 2 aromatic rings. The maximum atomic E-state index is 12.0. The van der Waals surface area contributed by atoms with E-state index >= 15 is 0 Å². The quantitative estimate of drug-likeness (QED) is 0.778. The molecule has 3 rings (SSSR count). The predicted molar refractivity (Wildman–Crippen MR) is 80.7 cm³/mol. The first kappa shape index (κ1) is 13.3. The summed E-state index contributed by atoms with van der Waals surface area (Å²) in [5, 5.41) is 0.689. The third-order valence-electron chi connectivity index (χ3n) is 2.97. The number of ketones is 2. The van der Waals surface area contributed by atoms with E-state index in [9.17, 15) is 9.59 Å². The van der Waals surface area contributed by atoms with E-state index in [1.165, 1.54) is 12.2 Å². The summed E-state index contributed by atoms with van der Waals surface area (Å²) < 4.78 is 2.05. The van der Waals surface area contributed by atoms with Crippen molar-refractivity contribution in [1.29, 1.82) is 0 Å². The Kier molecular flexibility index (Phi) is 3.58. The number of hydrogen-bond acceptors (Lipinski definition) is 2. The van der Waals surface area contributed by atoms with Crippen LogP contribution < -0.4 is 8.92 Å². The van der Waals surface area contributed by atoms with Gasteiger partial charge in [0.05, 0.1) is 0 Å². The van der Waals surface area contributed by atoms with Crippen LogP contribution in [0.1, 0.15) is 20.7 Å². The molecule has 20 heavy (non-hydrogen) atoms. The monoisotopic (exact) mass is 348 g/mol. The molecule has 4 heteroatoms. The summed E-state index contributed by atoms with van der Waals surface area (Å²) in [6.45, 7) is 0. The van der Waals surface area contributed by atoms with Crippen LogP contribution in [0.15, 0.2) is 54.6 Å². The van der Waals surface area contributed by atoms with Gasteiger partial charge in [0.25, 0.3) is 0 Å². The van der Waals surface area contributed by atoms with Crippen molar-refractivity contribution in [1.82, 2.24) is 0 Å². The van der Waals surface area contributed by atoms with Crippen LogP contribution in [0.2, 0.25) is 5.02 Å². The Balaban J connectivity index is 2.04. The number of hydrogen-bond donors (Lipinski definition) is 0. The Morgan fingerprint density at radius 3 is 2.30 bits per heavy atom. The van der Waals surface area contributed by atoms with Gasteiger partial charge < -0.3 is 0 Å². The standard InChI is InChI=1S/C16H9ClO2Se/c17-10-4-6-11(7-5-10)20-15-3-1-2-12-13(18)8-9-14(19)16(12)15/h1-9H. The van der Waals surface area contributed by atoms with Gasteiger partial charge in [0, 0.05) is 0 Å². The van der Waals surface area contributed by atoms with Crippen LogP contribution in [0.4, 0.5) is 0 Å². The summed E-state index contributed by atoms with van der Waals surface area (Å²) in [4.78, 5) is 23.9. The first-order valence-electron chi connectivity index (χ1n) is 5.98. The zero-order valence-electron chi connectivity index (χ0n) is 10.3. The van der Waals surface area contributed by atoms with Gasteiger partial charge in [-0.15, -0.1) is 0 Å². The van der Waals surface area contributed by atoms with Gasteiger partial charge in [-0.3, -0.25) is 0 Å². The van der Waals surface area contributed by atoms with Crippen molar-refractivity contribution in [3.63, 3.8) is 0 Å². The molecule has 0 heterocycles. The van der Waals surface area contributed by atoms with E-state index in [4.69, 9.17) is 11.6 Å². The van der Waals surface area contributed by atoms with Gasteiger partial charge in [0.1, 0.15) is 0 Å². The number of rotatable bonds is 2. The topological polar surface area (TPSA) is 34.1 Å². The van der Waals surface area contributed by atoms with Gasteiger partial charge in [0.2, 0.25) is 0 Å². The summed E-state index contributed by atoms with van der Waals surface area (Å²) >= 11 is 5.84. The molecule has 0 aliphatic heterocycles. The number of benzene rings is 2. The fraction of sp³-hybridized carbons (Fsp3) is 0. The molecular weight excluding hydrogens is 339 g/mol. The van der Waals surface area contributed by atoms with Crippen LogP contribution in [0, 0.1) is 0 Å². The fourth-order valence-corrected chi connectivity index (χ4v) is 4.22. The third kappa shape index (κ3) is 2.48. The van der Waals surface area contributed by atoms with E-state index < -0.39 is 0 Å². The average Bonchev–Trinajstić information content (AvgIpc) is 2.46. The zero-order chi connectivity index (χ0) is 14.1. The van der Waals surface area contributed by atoms with Crippen LogP contribution in [0.3, 0.4) is 0 Å². The van der Waals surface area contributed by atoms with Crippen molar-refractivity contribution >= 4 is 47.0 Å². The van der Waals surface area contributed by atoms with Crippen molar-refractivity contribution in [2.45, 2.75) is 0 Å². The molecule has 0 unspecified atom stereocenters. The molecule has 0 amide bonds. The summed E-state index contributed by atoms with van der Waals surface area (Å²) in [5.41, 5.74) is 1.06. The van der Waals surface area contributed by atoms with Crippen LogP contribution in [-0.4, -0.2) is 26.5 Å². The number of halogens is 1. The van der Waals surface area contributed by atoms with Gasteiger partial charge in [-0.25, -0.2) is 0 Å². The van der Waals surface area contributed by atoms with Crippen molar-refractivity contribution < 1.29 is 9.59 Å². The van der Waals surface area contributed by atoms with Gasteiger partial charge in [-0.05, 0) is 0 Å². The molecule has 0 saturated heterocycles. The zero-order valence-corrected chi connectivity index (χ0v) is 12.8. The number of carbonyl (C=O) groups is 2. The van der Waals surface area contributed by atoms with Gasteiger partial charge in [-0.2, -0.15) is 0 Å². The molecule has 0 fully saturated rings. The second-order valence-corrected chi connectivity index (χ2v) is 7.07. The Labute approximate surface area is 127 Å². The SMILES string of the molecule is O=C1C=CC(=O)c2c([Se]c3ccc(Cl)cc3)cccc21. The summed E-state index contributed by atoms with van der Waals surface area (Å²) in [6.07, 6.45) is 2.69. The van der Waals surface area contributed by atoms with Crippen molar-refractivity contribution in [2.75, 3.05) is 0 Å². The molecule has 0 saturated carbocycles. The van der Waals surface area contributed by atoms with Gasteiger partial charge >= 0.3 is 127 Å². The van der Waals surface area contributed by atoms with Crippen LogP contribution in [0.5, 0.6) is 0 Å². The Hall–Kier alpha value is -1.67. The van der Waals surface area contributed by atoms with Crippen molar-refractivity contribution in [3.8, 4) is 0 Å². The molecule has 0 spiro atoms. The summed E-state index contributed by atoms with van der Waals surface area (Å²) in [6, 6.07) is 13.0. The van der Waals surface area contributed by atoms with Crippen molar-refractivity contribution in [3.05, 3.63) is 70.8 Å². The number of fused-ring (bicyclic) bond motifs is 1. The van der Waals surface area contributed by atoms with E-state index in [2.05, 4.69) is 0 Å². The summed E-state index contributed by atoms with van der Waals surface area (Å²) in [5.74, 6) is -0.195. The second-order valence-electron chi connectivity index (χ2n) is 4.30. The van der Waals surface area contributed by atoms with E-state index in [1.807, 2.05) is 36.4 Å². The molecule has 0 aromatic heterocycles. The van der Waals surface area contributed by atoms with E-state index in [0.29, 0.717) is 16.1 Å². The average molecular weight is 348 g/mol. The molecule has 2 aromatic carbocycles. The molecule has 0 N–H and O–H groups in total. The normalized spacial score (nSPS) is 13.4. The van der Waals surface area contributed by atoms with Crippen LogP contribution in [-0.2, 0) is 0 Å². The van der Waals surface area contributed by atoms with Crippen LogP contribution >= 0.6 is 11.6 Å². The predicted octanol–water partition coefficient (Wildman–Crippen LogP) is 1.93. The Morgan fingerprint density at radius 2 is 1.55 bits per heavy atom. The fourth-order valence-electron chi connectivity index (χ4n) is 2.03. The van der Waals surface area contributed by atoms with Crippen LogP contribution in [0.25, 0.3) is 0 Å². The molecule has 0 atom stereocenters. The minimum atomic E-state index is -0.103. The first-order chi connectivity index (χ1) is 9.65. The molecule has 1 aliphatic rings. The minimum absolute atomic E-state index is 0.0307. The Morgan fingerprint density at radius 1 is 0.850 bits per heavy atom. The summed E-state index contributed by atoms with van der Waals surface area (Å²) in [7, 11) is 0. The molecule has 98 valence electrons. The molecule has 1 aliphatic carbocycles.